The number of rotatable bonds is 13. The average molecular weight is 250 g/mol. The molecule has 0 saturated carbocycles. The van der Waals surface area contributed by atoms with Gasteiger partial charge in [0.05, 0.1) is 0 Å². The third-order valence-corrected chi connectivity index (χ3v) is 3.95. The molecule has 0 aliphatic carbocycles. The first-order valence-electron chi connectivity index (χ1n) is 8.28. The number of unbranched alkanes of at least 4 members (excludes halogenated alkanes) is 9. The van der Waals surface area contributed by atoms with Gasteiger partial charge in [0.15, 0.2) is 0 Å². The van der Waals surface area contributed by atoms with Gasteiger partial charge in [0.2, 0.25) is 0 Å². The monoisotopic (exact) mass is 250 g/mol. The zero-order chi connectivity index (χ0) is 13.5. The molecule has 0 heterocycles. The maximum atomic E-state index is 5.37. The van der Waals surface area contributed by atoms with Crippen LogP contribution >= 0.6 is 0 Å². The third-order valence-electron chi connectivity index (χ3n) is 3.95. The van der Waals surface area contributed by atoms with Crippen molar-refractivity contribution in [3.05, 3.63) is 0 Å². The van der Waals surface area contributed by atoms with Crippen LogP contribution < -0.4 is 0 Å². The Kier molecular flexibility index (Phi) is 14.3. The van der Waals surface area contributed by atoms with Crippen LogP contribution in [0.2, 0.25) is 0 Å². The van der Waals surface area contributed by atoms with Gasteiger partial charge in [-0.25, -0.2) is 0 Å². The van der Waals surface area contributed by atoms with Gasteiger partial charge in [-0.1, -0.05) is 84.5 Å². The molecule has 0 saturated heterocycles. The Morgan fingerprint density at radius 2 is 1.28 bits per heavy atom. The molecule has 0 amide bonds. The van der Waals surface area contributed by atoms with E-state index in [2.05, 4.69) is 19.8 Å². The van der Waals surface area contributed by atoms with Crippen LogP contribution in [0.25, 0.3) is 0 Å². The van der Waals surface area contributed by atoms with Crippen LogP contribution in [0.15, 0.2) is 0 Å². The maximum absolute atomic E-state index is 5.37. The maximum Gasteiger partial charge on any atom is 0.0114 e. The molecule has 0 aliphatic heterocycles. The molecule has 0 spiro atoms. The predicted octanol–water partition coefficient (Wildman–Crippen LogP) is 6.35. The Bertz CT molecular complexity index is 187. The smallest absolute Gasteiger partial charge is 0.0114 e. The van der Waals surface area contributed by atoms with E-state index < -0.39 is 0 Å². The molecule has 0 aromatic heterocycles. The van der Waals surface area contributed by atoms with E-state index in [-0.39, 0.29) is 0 Å². The summed E-state index contributed by atoms with van der Waals surface area (Å²) in [4.78, 5) is 0. The molecule has 1 atom stereocenters. The Labute approximate surface area is 116 Å². The molecule has 1 unspecified atom stereocenters. The predicted molar refractivity (Wildman–Crippen MR) is 83.7 cm³/mol. The lowest BCUT2D eigenvalue weighted by molar-refractivity contribution is 0.445. The zero-order valence-electron chi connectivity index (χ0n) is 12.8. The lowest BCUT2D eigenvalue weighted by Crippen LogP contribution is -1.97. The van der Waals surface area contributed by atoms with Gasteiger partial charge < -0.3 is 0 Å². The van der Waals surface area contributed by atoms with Gasteiger partial charge in [-0.2, -0.15) is 0 Å². The van der Waals surface area contributed by atoms with Crippen molar-refractivity contribution in [2.24, 2.45) is 5.92 Å². The summed E-state index contributed by atoms with van der Waals surface area (Å²) in [5, 5.41) is 0. The molecule has 0 aromatic rings. The molecule has 0 N–H and O–H groups in total. The van der Waals surface area contributed by atoms with Gasteiger partial charge >= 0.3 is 0 Å². The Hall–Kier alpha value is -0.440. The second kappa shape index (κ2) is 14.6. The topological polar surface area (TPSA) is 0 Å². The highest BCUT2D eigenvalue weighted by Gasteiger charge is 2.03. The number of hydrogen-bond donors (Lipinski definition) is 0. The third kappa shape index (κ3) is 12.0. The van der Waals surface area contributed by atoms with Crippen molar-refractivity contribution in [1.82, 2.24) is 0 Å². The molecule has 106 valence electrons. The summed E-state index contributed by atoms with van der Waals surface area (Å²) in [6.07, 6.45) is 23.2. The minimum absolute atomic E-state index is 0.782. The molecule has 0 heteroatoms. The summed E-state index contributed by atoms with van der Waals surface area (Å²) in [5.74, 6) is 3.59. The van der Waals surface area contributed by atoms with Crippen LogP contribution in [-0.2, 0) is 0 Å². The summed E-state index contributed by atoms with van der Waals surface area (Å²) >= 11 is 0. The Balaban J connectivity index is 3.13. The first-order valence-corrected chi connectivity index (χ1v) is 8.28. The minimum atomic E-state index is 0.782. The van der Waals surface area contributed by atoms with Crippen LogP contribution in [0.1, 0.15) is 97.3 Å². The summed E-state index contributed by atoms with van der Waals surface area (Å²) < 4.78 is 0. The van der Waals surface area contributed by atoms with Crippen molar-refractivity contribution in [2.45, 2.75) is 97.3 Å². The second-order valence-electron chi connectivity index (χ2n) is 5.65. The fraction of sp³-hybridized carbons (Fsp3) is 0.889. The highest BCUT2D eigenvalue weighted by Crippen LogP contribution is 2.18. The molecule has 0 nitrogen and oxygen atoms in total. The molecular weight excluding hydrogens is 216 g/mol. The van der Waals surface area contributed by atoms with E-state index >= 15 is 0 Å². The minimum Gasteiger partial charge on any atom is -0.120 e. The zero-order valence-corrected chi connectivity index (χ0v) is 12.8. The highest BCUT2D eigenvalue weighted by molar-refractivity contribution is 4.86. The van der Waals surface area contributed by atoms with Crippen molar-refractivity contribution in [3.8, 4) is 12.3 Å². The lowest BCUT2D eigenvalue weighted by Gasteiger charge is -2.10. The van der Waals surface area contributed by atoms with Gasteiger partial charge in [0, 0.05) is 6.42 Å². The van der Waals surface area contributed by atoms with E-state index in [1.807, 2.05) is 0 Å². The van der Waals surface area contributed by atoms with Gasteiger partial charge in [-0.05, 0) is 12.3 Å². The number of hydrogen-bond acceptors (Lipinski definition) is 0. The molecule has 18 heavy (non-hydrogen) atoms. The Morgan fingerprint density at radius 3 is 1.72 bits per heavy atom. The lowest BCUT2D eigenvalue weighted by atomic mass is 9.95. The average Bonchev–Trinajstić information content (AvgIpc) is 2.39. The van der Waals surface area contributed by atoms with E-state index in [9.17, 15) is 0 Å². The molecule has 0 aromatic carbocycles. The SMILES string of the molecule is C#CCC(CC)CCCCCCCCCCCC. The molecule has 0 aliphatic rings. The van der Waals surface area contributed by atoms with Gasteiger partial charge in [-0.3, -0.25) is 0 Å². The van der Waals surface area contributed by atoms with E-state index in [0.29, 0.717) is 0 Å². The first-order chi connectivity index (χ1) is 8.85. The van der Waals surface area contributed by atoms with E-state index in [1.54, 1.807) is 0 Å². The summed E-state index contributed by atoms with van der Waals surface area (Å²) in [5.41, 5.74) is 0. The largest absolute Gasteiger partial charge is 0.120 e. The normalized spacial score (nSPS) is 12.3. The molecule has 0 fully saturated rings. The summed E-state index contributed by atoms with van der Waals surface area (Å²) in [7, 11) is 0. The van der Waals surface area contributed by atoms with Gasteiger partial charge in [0.25, 0.3) is 0 Å². The van der Waals surface area contributed by atoms with Crippen molar-refractivity contribution >= 4 is 0 Å². The van der Waals surface area contributed by atoms with E-state index in [4.69, 9.17) is 6.42 Å². The number of terminal acetylenes is 1. The second-order valence-corrected chi connectivity index (χ2v) is 5.65. The van der Waals surface area contributed by atoms with Crippen LogP contribution in [0, 0.1) is 18.3 Å². The quantitative estimate of drug-likeness (QED) is 0.264. The summed E-state index contributed by atoms with van der Waals surface area (Å²) in [6, 6.07) is 0. The standard InChI is InChI=1S/C18H34/c1-4-7-8-9-10-11-12-13-14-15-17-18(6-3)16-5-2/h2,18H,4,6-17H2,1,3H3. The first kappa shape index (κ1) is 17.6. The van der Waals surface area contributed by atoms with Crippen molar-refractivity contribution < 1.29 is 0 Å². The highest BCUT2D eigenvalue weighted by atomic mass is 14.1. The van der Waals surface area contributed by atoms with Crippen molar-refractivity contribution in [1.29, 1.82) is 0 Å². The van der Waals surface area contributed by atoms with Crippen LogP contribution in [0.3, 0.4) is 0 Å². The van der Waals surface area contributed by atoms with E-state index in [0.717, 1.165) is 12.3 Å². The van der Waals surface area contributed by atoms with Crippen LogP contribution in [0.5, 0.6) is 0 Å². The fourth-order valence-corrected chi connectivity index (χ4v) is 2.54. The van der Waals surface area contributed by atoms with Crippen LogP contribution in [-0.4, -0.2) is 0 Å². The fourth-order valence-electron chi connectivity index (χ4n) is 2.54. The van der Waals surface area contributed by atoms with Crippen molar-refractivity contribution in [2.75, 3.05) is 0 Å². The Morgan fingerprint density at radius 1 is 0.778 bits per heavy atom. The van der Waals surface area contributed by atoms with E-state index in [1.165, 1.54) is 77.0 Å². The van der Waals surface area contributed by atoms with Crippen LogP contribution in [0.4, 0.5) is 0 Å². The molecule has 0 radical (unpaired) electrons. The molecular formula is C18H34. The molecule has 0 rings (SSSR count). The summed E-state index contributed by atoms with van der Waals surface area (Å²) in [6.45, 7) is 4.54. The van der Waals surface area contributed by atoms with Crippen molar-refractivity contribution in [3.63, 3.8) is 0 Å². The van der Waals surface area contributed by atoms with Gasteiger partial charge in [0.1, 0.15) is 0 Å². The van der Waals surface area contributed by atoms with Gasteiger partial charge in [-0.15, -0.1) is 12.3 Å². The molecule has 0 bridgehead atoms.